The predicted octanol–water partition coefficient (Wildman–Crippen LogP) is 2.84. The third-order valence-electron chi connectivity index (χ3n) is 3.90. The Morgan fingerprint density at radius 1 is 1.20 bits per heavy atom. The molecule has 0 saturated carbocycles. The van der Waals surface area contributed by atoms with E-state index in [2.05, 4.69) is 31.9 Å². The molecule has 0 unspecified atom stereocenters. The number of carbonyl (C=O) groups excluding carboxylic acids is 3. The zero-order chi connectivity index (χ0) is 18.0. The van der Waals surface area contributed by atoms with Gasteiger partial charge in [-0.15, -0.1) is 0 Å². The summed E-state index contributed by atoms with van der Waals surface area (Å²) in [7, 11) is 0. The molecule has 0 bridgehead atoms. The van der Waals surface area contributed by atoms with E-state index in [0.29, 0.717) is 16.9 Å². The van der Waals surface area contributed by atoms with E-state index >= 15 is 0 Å². The van der Waals surface area contributed by atoms with Crippen LogP contribution in [0.25, 0.3) is 0 Å². The lowest BCUT2D eigenvalue weighted by molar-refractivity contribution is -0.122. The molecule has 25 heavy (non-hydrogen) atoms. The molecule has 1 aliphatic rings. The van der Waals surface area contributed by atoms with Gasteiger partial charge in [0.05, 0.1) is 17.7 Å². The lowest BCUT2D eigenvalue weighted by Crippen LogP contribution is -2.43. The average molecular weight is 402 g/mol. The highest BCUT2D eigenvalue weighted by Gasteiger charge is 2.29. The first-order chi connectivity index (χ1) is 11.9. The Labute approximate surface area is 153 Å². The number of hydrogen-bond acceptors (Lipinski definition) is 3. The van der Waals surface area contributed by atoms with Crippen LogP contribution in [-0.4, -0.2) is 23.8 Å². The number of para-hydroxylation sites is 1. The number of fused-ring (bicyclic) bond motifs is 1. The number of amides is 3. The number of rotatable bonds is 3. The molecule has 128 valence electrons. The van der Waals surface area contributed by atoms with Crippen molar-refractivity contribution >= 4 is 45.0 Å². The first-order valence-corrected chi connectivity index (χ1v) is 8.50. The highest BCUT2D eigenvalue weighted by molar-refractivity contribution is 9.10. The summed E-state index contributed by atoms with van der Waals surface area (Å²) in [6.07, 6.45) is -0.152. The van der Waals surface area contributed by atoms with Crippen LogP contribution in [0, 0.1) is 6.92 Å². The van der Waals surface area contributed by atoms with Crippen molar-refractivity contribution in [1.29, 1.82) is 0 Å². The van der Waals surface area contributed by atoms with Gasteiger partial charge in [0.25, 0.3) is 5.91 Å². The van der Waals surface area contributed by atoms with E-state index in [4.69, 9.17) is 0 Å². The first kappa shape index (κ1) is 17.2. The molecule has 2 aromatic carbocycles. The molecule has 0 aliphatic carbocycles. The molecular weight excluding hydrogens is 386 g/mol. The third kappa shape index (κ3) is 3.88. The van der Waals surface area contributed by atoms with Gasteiger partial charge in [0.15, 0.2) is 0 Å². The van der Waals surface area contributed by atoms with E-state index in [9.17, 15) is 14.4 Å². The SMILES string of the molecule is Cc1cc(Br)ccc1NC(=O)C[C@H]1NC(=O)c2ccccc2NC1=O. The Balaban J connectivity index is 1.71. The maximum absolute atomic E-state index is 12.3. The normalized spacial score (nSPS) is 16.3. The molecule has 3 amide bonds. The van der Waals surface area contributed by atoms with Gasteiger partial charge in [-0.3, -0.25) is 14.4 Å². The number of anilines is 2. The number of carbonyl (C=O) groups is 3. The predicted molar refractivity (Wildman–Crippen MR) is 98.5 cm³/mol. The zero-order valence-corrected chi connectivity index (χ0v) is 15.0. The molecule has 0 saturated heterocycles. The second-order valence-electron chi connectivity index (χ2n) is 5.77. The molecule has 1 heterocycles. The summed E-state index contributed by atoms with van der Waals surface area (Å²) < 4.78 is 0.913. The van der Waals surface area contributed by atoms with E-state index < -0.39 is 11.9 Å². The van der Waals surface area contributed by atoms with Gasteiger partial charge < -0.3 is 16.0 Å². The van der Waals surface area contributed by atoms with Crippen molar-refractivity contribution in [2.24, 2.45) is 0 Å². The van der Waals surface area contributed by atoms with Gasteiger partial charge in [-0.1, -0.05) is 28.1 Å². The topological polar surface area (TPSA) is 87.3 Å². The van der Waals surface area contributed by atoms with Crippen LogP contribution in [0.2, 0.25) is 0 Å². The summed E-state index contributed by atoms with van der Waals surface area (Å²) in [6, 6.07) is 11.3. The zero-order valence-electron chi connectivity index (χ0n) is 13.4. The summed E-state index contributed by atoms with van der Waals surface area (Å²) in [4.78, 5) is 36.9. The van der Waals surface area contributed by atoms with Crippen LogP contribution in [-0.2, 0) is 9.59 Å². The number of nitrogens with one attached hydrogen (secondary N) is 3. The summed E-state index contributed by atoms with van der Waals surface area (Å²) in [5.74, 6) is -1.15. The van der Waals surface area contributed by atoms with Crippen molar-refractivity contribution in [1.82, 2.24) is 5.32 Å². The van der Waals surface area contributed by atoms with E-state index in [1.807, 2.05) is 19.1 Å². The number of benzene rings is 2. The minimum Gasteiger partial charge on any atom is -0.340 e. The Morgan fingerprint density at radius 2 is 1.96 bits per heavy atom. The molecule has 0 aromatic heterocycles. The van der Waals surface area contributed by atoms with Crippen LogP contribution in [0.1, 0.15) is 22.3 Å². The minimum absolute atomic E-state index is 0.152. The Kier molecular flexibility index (Phi) is 4.85. The lowest BCUT2D eigenvalue weighted by Gasteiger charge is -2.15. The fraction of sp³-hybridized carbons (Fsp3) is 0.167. The number of hydrogen-bond donors (Lipinski definition) is 3. The summed E-state index contributed by atoms with van der Waals surface area (Å²) in [5, 5.41) is 8.06. The molecule has 0 spiro atoms. The van der Waals surface area contributed by atoms with Crippen molar-refractivity contribution in [3.05, 3.63) is 58.1 Å². The van der Waals surface area contributed by atoms with Crippen molar-refractivity contribution in [3.8, 4) is 0 Å². The lowest BCUT2D eigenvalue weighted by atomic mass is 10.1. The van der Waals surface area contributed by atoms with Gasteiger partial charge in [-0.2, -0.15) is 0 Å². The fourth-order valence-electron chi connectivity index (χ4n) is 2.61. The van der Waals surface area contributed by atoms with Crippen LogP contribution in [0.4, 0.5) is 11.4 Å². The summed E-state index contributed by atoms with van der Waals surface area (Å²) in [5.41, 5.74) is 2.38. The summed E-state index contributed by atoms with van der Waals surface area (Å²) >= 11 is 3.37. The van der Waals surface area contributed by atoms with Gasteiger partial charge >= 0.3 is 0 Å². The highest BCUT2D eigenvalue weighted by Crippen LogP contribution is 2.21. The van der Waals surface area contributed by atoms with Gasteiger partial charge in [-0.25, -0.2) is 0 Å². The van der Waals surface area contributed by atoms with Crippen molar-refractivity contribution in [3.63, 3.8) is 0 Å². The second-order valence-corrected chi connectivity index (χ2v) is 6.69. The van der Waals surface area contributed by atoms with Crippen LogP contribution < -0.4 is 16.0 Å². The molecule has 1 aliphatic heterocycles. The second kappa shape index (κ2) is 7.06. The van der Waals surface area contributed by atoms with Crippen LogP contribution >= 0.6 is 15.9 Å². The van der Waals surface area contributed by atoms with Crippen LogP contribution in [0.5, 0.6) is 0 Å². The molecular formula is C18H16BrN3O3. The molecule has 6 nitrogen and oxygen atoms in total. The van der Waals surface area contributed by atoms with E-state index in [1.54, 1.807) is 30.3 Å². The maximum Gasteiger partial charge on any atom is 0.254 e. The Morgan fingerprint density at radius 3 is 2.72 bits per heavy atom. The van der Waals surface area contributed by atoms with Crippen molar-refractivity contribution in [2.45, 2.75) is 19.4 Å². The molecule has 2 aromatic rings. The molecule has 3 rings (SSSR count). The summed E-state index contributed by atoms with van der Waals surface area (Å²) in [6.45, 7) is 1.87. The van der Waals surface area contributed by atoms with Gasteiger partial charge in [-0.05, 0) is 42.8 Å². The number of halogens is 1. The first-order valence-electron chi connectivity index (χ1n) is 7.71. The third-order valence-corrected chi connectivity index (χ3v) is 4.40. The maximum atomic E-state index is 12.3. The smallest absolute Gasteiger partial charge is 0.254 e. The van der Waals surface area contributed by atoms with Gasteiger partial charge in [0.2, 0.25) is 11.8 Å². The van der Waals surface area contributed by atoms with E-state index in [1.165, 1.54) is 0 Å². The van der Waals surface area contributed by atoms with Crippen molar-refractivity contribution in [2.75, 3.05) is 10.6 Å². The quantitative estimate of drug-likeness (QED) is 0.738. The van der Waals surface area contributed by atoms with Crippen LogP contribution in [0.15, 0.2) is 46.9 Å². The minimum atomic E-state index is -0.935. The number of aryl methyl sites for hydroxylation is 1. The highest BCUT2D eigenvalue weighted by atomic mass is 79.9. The standard InChI is InChI=1S/C18H16BrN3O3/c1-10-8-11(19)6-7-13(10)20-16(23)9-15-18(25)21-14-5-3-2-4-12(14)17(24)22-15/h2-8,15H,9H2,1H3,(H,20,23)(H,21,25)(H,22,24)/t15-/m1/s1. The molecule has 0 fully saturated rings. The Hall–Kier alpha value is -2.67. The average Bonchev–Trinajstić information content (AvgIpc) is 2.68. The van der Waals surface area contributed by atoms with E-state index in [-0.39, 0.29) is 18.2 Å². The molecule has 7 heteroatoms. The van der Waals surface area contributed by atoms with Gasteiger partial charge in [0.1, 0.15) is 6.04 Å². The van der Waals surface area contributed by atoms with Crippen LogP contribution in [0.3, 0.4) is 0 Å². The van der Waals surface area contributed by atoms with Crippen molar-refractivity contribution < 1.29 is 14.4 Å². The molecule has 1 atom stereocenters. The molecule has 0 radical (unpaired) electrons. The fourth-order valence-corrected chi connectivity index (χ4v) is 3.08. The molecule has 3 N–H and O–H groups in total. The monoisotopic (exact) mass is 401 g/mol. The largest absolute Gasteiger partial charge is 0.340 e. The van der Waals surface area contributed by atoms with E-state index in [0.717, 1.165) is 10.0 Å². The van der Waals surface area contributed by atoms with Gasteiger partial charge in [0, 0.05) is 10.2 Å². The Bertz CT molecular complexity index is 866.